The number of halogens is 1. The van der Waals surface area contributed by atoms with Crippen molar-refractivity contribution in [1.29, 1.82) is 0 Å². The average molecular weight is 295 g/mol. The molecule has 0 aliphatic heterocycles. The maximum absolute atomic E-state index is 11.7. The van der Waals surface area contributed by atoms with Crippen molar-refractivity contribution in [2.24, 2.45) is 0 Å². The van der Waals surface area contributed by atoms with Gasteiger partial charge in [0.05, 0.1) is 6.61 Å². The van der Waals surface area contributed by atoms with E-state index >= 15 is 0 Å². The Balaban J connectivity index is 2.96. The second-order valence-corrected chi connectivity index (χ2v) is 5.67. The molecule has 15 heavy (non-hydrogen) atoms. The number of hydrogen-bond acceptors (Lipinski definition) is 4. The van der Waals surface area contributed by atoms with Crippen molar-refractivity contribution in [2.75, 3.05) is 6.61 Å². The van der Waals surface area contributed by atoms with Crippen LogP contribution in [-0.4, -0.2) is 31.2 Å². The first kappa shape index (κ1) is 12.6. The fraction of sp³-hybridized carbons (Fsp3) is 0.375. The molecule has 1 rings (SSSR count). The number of nitrogens with one attached hydrogen (secondary N) is 1. The van der Waals surface area contributed by atoms with Crippen molar-refractivity contribution in [3.63, 3.8) is 0 Å². The zero-order valence-electron chi connectivity index (χ0n) is 8.01. The molecule has 0 spiro atoms. The molecule has 1 heterocycles. The van der Waals surface area contributed by atoms with Gasteiger partial charge in [0, 0.05) is 22.9 Å². The lowest BCUT2D eigenvalue weighted by atomic mass is 10.4. The zero-order chi connectivity index (χ0) is 11.5. The van der Waals surface area contributed by atoms with Gasteiger partial charge in [-0.05, 0) is 28.9 Å². The van der Waals surface area contributed by atoms with E-state index in [-0.39, 0.29) is 11.5 Å². The summed E-state index contributed by atoms with van der Waals surface area (Å²) in [5.74, 6) is 0. The highest BCUT2D eigenvalue weighted by Crippen LogP contribution is 2.14. The summed E-state index contributed by atoms with van der Waals surface area (Å²) in [7, 11) is -3.60. The normalized spacial score (nSPS) is 13.8. The summed E-state index contributed by atoms with van der Waals surface area (Å²) >= 11 is 3.13. The summed E-state index contributed by atoms with van der Waals surface area (Å²) in [5, 5.41) is 8.75. The van der Waals surface area contributed by atoms with Crippen LogP contribution in [0.15, 0.2) is 27.8 Å². The van der Waals surface area contributed by atoms with Gasteiger partial charge < -0.3 is 5.11 Å². The van der Waals surface area contributed by atoms with Crippen LogP contribution in [-0.2, 0) is 10.0 Å². The van der Waals surface area contributed by atoms with Gasteiger partial charge in [-0.3, -0.25) is 4.98 Å². The number of hydrogen-bond donors (Lipinski definition) is 2. The molecule has 0 fully saturated rings. The molecular weight excluding hydrogens is 284 g/mol. The molecule has 84 valence electrons. The molecule has 0 bridgehead atoms. The lowest BCUT2D eigenvalue weighted by Gasteiger charge is -2.11. The van der Waals surface area contributed by atoms with Crippen LogP contribution in [0.25, 0.3) is 0 Å². The maximum Gasteiger partial charge on any atom is 0.242 e. The largest absolute Gasteiger partial charge is 0.395 e. The molecule has 0 aliphatic rings. The van der Waals surface area contributed by atoms with Crippen LogP contribution in [0, 0.1) is 0 Å². The predicted octanol–water partition coefficient (Wildman–Crippen LogP) is 0.503. The molecule has 0 radical (unpaired) electrons. The summed E-state index contributed by atoms with van der Waals surface area (Å²) in [6, 6.07) is 0.924. The van der Waals surface area contributed by atoms with Crippen molar-refractivity contribution in [2.45, 2.75) is 17.9 Å². The molecular formula is C8H11BrN2O3S. The smallest absolute Gasteiger partial charge is 0.242 e. The molecule has 0 saturated carbocycles. The van der Waals surface area contributed by atoms with Crippen LogP contribution >= 0.6 is 15.9 Å². The van der Waals surface area contributed by atoms with E-state index in [1.807, 2.05) is 0 Å². The van der Waals surface area contributed by atoms with E-state index in [1.165, 1.54) is 18.5 Å². The molecule has 1 aromatic rings. The Hall–Kier alpha value is -0.500. The number of aliphatic hydroxyl groups is 1. The summed E-state index contributed by atoms with van der Waals surface area (Å²) in [5.41, 5.74) is 0. The van der Waals surface area contributed by atoms with Crippen molar-refractivity contribution in [3.8, 4) is 0 Å². The fourth-order valence-electron chi connectivity index (χ4n) is 0.910. The lowest BCUT2D eigenvalue weighted by molar-refractivity contribution is 0.265. The van der Waals surface area contributed by atoms with Gasteiger partial charge >= 0.3 is 0 Å². The first-order valence-electron chi connectivity index (χ1n) is 4.19. The van der Waals surface area contributed by atoms with Gasteiger partial charge in [0.15, 0.2) is 0 Å². The van der Waals surface area contributed by atoms with Crippen LogP contribution < -0.4 is 4.72 Å². The van der Waals surface area contributed by atoms with Gasteiger partial charge in [-0.1, -0.05) is 0 Å². The van der Waals surface area contributed by atoms with Crippen molar-refractivity contribution in [3.05, 3.63) is 22.9 Å². The van der Waals surface area contributed by atoms with E-state index in [0.29, 0.717) is 4.47 Å². The van der Waals surface area contributed by atoms with E-state index in [1.54, 1.807) is 6.92 Å². The Morgan fingerprint density at radius 3 is 2.80 bits per heavy atom. The summed E-state index contributed by atoms with van der Waals surface area (Å²) in [6.45, 7) is 1.32. The Labute approximate surface area is 96.7 Å². The molecule has 0 aliphatic carbocycles. The van der Waals surface area contributed by atoms with Gasteiger partial charge in [-0.25, -0.2) is 13.1 Å². The van der Waals surface area contributed by atoms with Gasteiger partial charge in [-0.2, -0.15) is 0 Å². The first-order valence-corrected chi connectivity index (χ1v) is 6.47. The van der Waals surface area contributed by atoms with E-state index in [4.69, 9.17) is 5.11 Å². The number of nitrogens with zero attached hydrogens (tertiary/aromatic N) is 1. The fourth-order valence-corrected chi connectivity index (χ4v) is 2.65. The monoisotopic (exact) mass is 294 g/mol. The molecule has 1 aromatic heterocycles. The topological polar surface area (TPSA) is 79.3 Å². The minimum Gasteiger partial charge on any atom is -0.395 e. The first-order chi connectivity index (χ1) is 6.95. The number of rotatable bonds is 4. The van der Waals surface area contributed by atoms with Gasteiger partial charge in [-0.15, -0.1) is 0 Å². The molecule has 5 nitrogen and oxygen atoms in total. The quantitative estimate of drug-likeness (QED) is 0.848. The number of sulfonamides is 1. The summed E-state index contributed by atoms with van der Waals surface area (Å²) in [6.07, 6.45) is 2.74. The van der Waals surface area contributed by atoms with Crippen LogP contribution in [0.3, 0.4) is 0 Å². The summed E-state index contributed by atoms with van der Waals surface area (Å²) < 4.78 is 26.2. The third-order valence-electron chi connectivity index (χ3n) is 1.62. The van der Waals surface area contributed by atoms with E-state index < -0.39 is 16.1 Å². The third-order valence-corrected chi connectivity index (χ3v) is 3.61. The Kier molecular flexibility index (Phi) is 4.21. The molecule has 0 amide bonds. The van der Waals surface area contributed by atoms with Crippen LogP contribution in [0.4, 0.5) is 0 Å². The molecule has 1 atom stereocenters. The third kappa shape index (κ3) is 3.53. The number of aliphatic hydroxyl groups excluding tert-OH is 1. The molecule has 1 unspecified atom stereocenters. The van der Waals surface area contributed by atoms with Gasteiger partial charge in [0.1, 0.15) is 4.90 Å². The average Bonchev–Trinajstić information content (AvgIpc) is 2.17. The van der Waals surface area contributed by atoms with Gasteiger partial charge in [0.2, 0.25) is 10.0 Å². The van der Waals surface area contributed by atoms with Crippen molar-refractivity contribution in [1.82, 2.24) is 9.71 Å². The Bertz CT molecular complexity index is 435. The molecule has 0 aromatic carbocycles. The van der Waals surface area contributed by atoms with E-state index in [9.17, 15) is 8.42 Å². The van der Waals surface area contributed by atoms with E-state index in [0.717, 1.165) is 0 Å². The second-order valence-electron chi connectivity index (χ2n) is 3.04. The number of aromatic nitrogens is 1. The zero-order valence-corrected chi connectivity index (χ0v) is 10.4. The number of pyridine rings is 1. The summed E-state index contributed by atoms with van der Waals surface area (Å²) in [4.78, 5) is 3.82. The van der Waals surface area contributed by atoms with Gasteiger partial charge in [0.25, 0.3) is 0 Å². The predicted molar refractivity (Wildman–Crippen MR) is 58.8 cm³/mol. The molecule has 2 N–H and O–H groups in total. The molecule has 7 heteroatoms. The highest BCUT2D eigenvalue weighted by molar-refractivity contribution is 9.10. The molecule has 0 saturated heterocycles. The Morgan fingerprint density at radius 2 is 2.27 bits per heavy atom. The lowest BCUT2D eigenvalue weighted by Crippen LogP contribution is -2.35. The minimum absolute atomic E-state index is 0.0668. The SMILES string of the molecule is CC(CO)NS(=O)(=O)c1cncc(Br)c1. The van der Waals surface area contributed by atoms with Crippen molar-refractivity contribution >= 4 is 26.0 Å². The van der Waals surface area contributed by atoms with Crippen LogP contribution in [0.5, 0.6) is 0 Å². The van der Waals surface area contributed by atoms with Crippen LogP contribution in [0.1, 0.15) is 6.92 Å². The highest BCUT2D eigenvalue weighted by Gasteiger charge is 2.17. The second kappa shape index (κ2) is 5.02. The maximum atomic E-state index is 11.7. The van der Waals surface area contributed by atoms with E-state index in [2.05, 4.69) is 25.6 Å². The minimum atomic E-state index is -3.60. The van der Waals surface area contributed by atoms with Crippen LogP contribution in [0.2, 0.25) is 0 Å². The van der Waals surface area contributed by atoms with Crippen molar-refractivity contribution < 1.29 is 13.5 Å². The standard InChI is InChI=1S/C8H11BrN2O3S/c1-6(5-12)11-15(13,14)8-2-7(9)3-10-4-8/h2-4,6,11-12H,5H2,1H3. The highest BCUT2D eigenvalue weighted by atomic mass is 79.9. The Morgan fingerprint density at radius 1 is 1.60 bits per heavy atom.